The Morgan fingerprint density at radius 1 is 0.865 bits per heavy atom. The van der Waals surface area contributed by atoms with Crippen LogP contribution < -0.4 is 5.56 Å². The van der Waals surface area contributed by atoms with Crippen molar-refractivity contribution in [2.24, 2.45) is 11.3 Å². The van der Waals surface area contributed by atoms with Crippen molar-refractivity contribution >= 4 is 39.9 Å². The number of carbonyl (C=O) groups excluding carboxylic acids is 2. The fraction of sp³-hybridized carbons (Fsp3) is 0.379. The summed E-state index contributed by atoms with van der Waals surface area (Å²) < 4.78 is 1.90. The van der Waals surface area contributed by atoms with E-state index in [4.69, 9.17) is 12.2 Å². The van der Waals surface area contributed by atoms with E-state index in [1.165, 1.54) is 9.80 Å². The third-order valence-corrected chi connectivity index (χ3v) is 8.97. The minimum atomic E-state index is -1.29. The van der Waals surface area contributed by atoms with Gasteiger partial charge < -0.3 is 9.47 Å². The number of fused-ring (bicyclic) bond motifs is 5. The highest BCUT2D eigenvalue weighted by Gasteiger charge is 2.55. The summed E-state index contributed by atoms with van der Waals surface area (Å²) in [5.74, 6) is -0.00519. The number of hydrogen-bond donors (Lipinski definition) is 0. The Morgan fingerprint density at radius 2 is 1.57 bits per heavy atom. The van der Waals surface area contributed by atoms with Gasteiger partial charge in [0.05, 0.1) is 0 Å². The van der Waals surface area contributed by atoms with E-state index in [9.17, 15) is 14.4 Å². The smallest absolute Gasteiger partial charge is 0.250 e. The lowest BCUT2D eigenvalue weighted by Crippen LogP contribution is -2.67. The second-order valence-electron chi connectivity index (χ2n) is 10.8. The predicted octanol–water partition coefficient (Wildman–Crippen LogP) is 2.87. The van der Waals surface area contributed by atoms with E-state index in [-0.39, 0.29) is 28.4 Å². The molecule has 6 rings (SSSR count). The van der Waals surface area contributed by atoms with E-state index >= 15 is 0 Å². The molecule has 7 nitrogen and oxygen atoms in total. The molecule has 2 aromatic carbocycles. The number of benzene rings is 2. The molecular formula is C29H30N4O3S. The van der Waals surface area contributed by atoms with Crippen molar-refractivity contribution in [2.75, 3.05) is 33.7 Å². The zero-order valence-electron chi connectivity index (χ0n) is 21.1. The second kappa shape index (κ2) is 8.89. The summed E-state index contributed by atoms with van der Waals surface area (Å²) in [4.78, 5) is 45.7. The van der Waals surface area contributed by atoms with Gasteiger partial charge in [0.25, 0.3) is 5.56 Å². The molecular weight excluding hydrogens is 484 g/mol. The van der Waals surface area contributed by atoms with Crippen LogP contribution in [0.4, 0.5) is 0 Å². The van der Waals surface area contributed by atoms with E-state index in [1.807, 2.05) is 47.0 Å². The molecule has 3 aromatic rings. The molecule has 37 heavy (non-hydrogen) atoms. The fourth-order valence-electron chi connectivity index (χ4n) is 6.75. The first kappa shape index (κ1) is 24.0. The third-order valence-electron chi connectivity index (χ3n) is 8.42. The van der Waals surface area contributed by atoms with Crippen LogP contribution in [0.5, 0.6) is 0 Å². The molecule has 0 saturated carbocycles. The highest BCUT2D eigenvalue weighted by atomic mass is 32.1. The third kappa shape index (κ3) is 3.81. The van der Waals surface area contributed by atoms with Crippen LogP contribution in [-0.4, -0.2) is 69.9 Å². The molecule has 0 radical (unpaired) electrons. The van der Waals surface area contributed by atoms with Gasteiger partial charge in [-0.2, -0.15) is 0 Å². The normalized spacial score (nSPS) is 23.5. The summed E-state index contributed by atoms with van der Waals surface area (Å²) in [6, 6.07) is 19.6. The zero-order chi connectivity index (χ0) is 25.9. The van der Waals surface area contributed by atoms with Crippen molar-refractivity contribution in [1.29, 1.82) is 0 Å². The van der Waals surface area contributed by atoms with Crippen molar-refractivity contribution in [3.8, 4) is 0 Å². The monoisotopic (exact) mass is 514 g/mol. The molecule has 1 aromatic heterocycles. The molecule has 3 aliphatic rings. The summed E-state index contributed by atoms with van der Waals surface area (Å²) in [5, 5.41) is 2.36. The van der Waals surface area contributed by atoms with E-state index in [0.717, 1.165) is 35.0 Å². The molecule has 0 spiro atoms. The summed E-state index contributed by atoms with van der Waals surface area (Å²) >= 11 is 5.44. The Morgan fingerprint density at radius 3 is 2.35 bits per heavy atom. The maximum absolute atomic E-state index is 14.0. The summed E-state index contributed by atoms with van der Waals surface area (Å²) in [6.07, 6.45) is 1.31. The average Bonchev–Trinajstić information content (AvgIpc) is 2.90. The lowest BCUT2D eigenvalue weighted by Gasteiger charge is -2.48. The first-order valence-electron chi connectivity index (χ1n) is 12.8. The minimum Gasteiger partial charge on any atom is -0.312 e. The van der Waals surface area contributed by atoms with E-state index in [2.05, 4.69) is 17.0 Å². The molecule has 190 valence electrons. The summed E-state index contributed by atoms with van der Waals surface area (Å²) in [6.45, 7) is 2.43. The van der Waals surface area contributed by atoms with Gasteiger partial charge in [0, 0.05) is 58.0 Å². The topological polar surface area (TPSA) is 65.9 Å². The van der Waals surface area contributed by atoms with E-state index < -0.39 is 5.41 Å². The number of hydrogen-bond acceptors (Lipinski definition) is 5. The van der Waals surface area contributed by atoms with Gasteiger partial charge in [0.15, 0.2) is 5.11 Å². The standard InChI is InChI=1S/C29H30N4O3S/c1-30-26(35)29(27(36)31(2)28(30)37,14-21-9-5-8-20-7-3-4-10-23(20)21)18-32-15-19-13-22(17-32)24-11-6-12-25(34)33(24)16-19/h3-12,19,22H,13-18H2,1-2H3/t19?,22-/m0/s1. The number of rotatable bonds is 4. The molecule has 2 atom stereocenters. The Balaban J connectivity index is 1.40. The molecule has 0 aliphatic carbocycles. The van der Waals surface area contributed by atoms with Crippen molar-refractivity contribution in [3.63, 3.8) is 0 Å². The van der Waals surface area contributed by atoms with Gasteiger partial charge in [-0.1, -0.05) is 48.5 Å². The van der Waals surface area contributed by atoms with Crippen LogP contribution in [0.1, 0.15) is 23.6 Å². The lowest BCUT2D eigenvalue weighted by atomic mass is 9.74. The molecule has 1 unspecified atom stereocenters. The maximum Gasteiger partial charge on any atom is 0.250 e. The van der Waals surface area contributed by atoms with Gasteiger partial charge >= 0.3 is 0 Å². The number of carbonyl (C=O) groups is 2. The molecule has 8 heteroatoms. The Bertz CT molecular complexity index is 1470. The van der Waals surface area contributed by atoms with Gasteiger partial charge in [-0.3, -0.25) is 24.2 Å². The first-order valence-corrected chi connectivity index (χ1v) is 13.2. The number of amides is 2. The van der Waals surface area contributed by atoms with Crippen LogP contribution in [0.2, 0.25) is 0 Å². The SMILES string of the molecule is CN1C(=O)C(Cc2cccc3ccccc23)(CN2CC3C[C@@H](C2)c2cccc(=O)n2C3)C(=O)N(C)C1=S. The first-order chi connectivity index (χ1) is 17.8. The molecule has 4 heterocycles. The van der Waals surface area contributed by atoms with Crippen molar-refractivity contribution in [3.05, 3.63) is 82.3 Å². The predicted molar refractivity (Wildman–Crippen MR) is 146 cm³/mol. The van der Waals surface area contributed by atoms with Crippen LogP contribution in [0.15, 0.2) is 65.5 Å². The lowest BCUT2D eigenvalue weighted by molar-refractivity contribution is -0.157. The summed E-state index contributed by atoms with van der Waals surface area (Å²) in [5.41, 5.74) is 0.775. The Labute approximate surface area is 221 Å². The number of piperidine rings is 1. The van der Waals surface area contributed by atoms with Crippen LogP contribution in [-0.2, 0) is 22.6 Å². The fourth-order valence-corrected chi connectivity index (χ4v) is 6.92. The number of aromatic nitrogens is 1. The highest BCUT2D eigenvalue weighted by molar-refractivity contribution is 7.80. The van der Waals surface area contributed by atoms with Gasteiger partial charge in [0.1, 0.15) is 5.41 Å². The van der Waals surface area contributed by atoms with Crippen LogP contribution >= 0.6 is 12.2 Å². The van der Waals surface area contributed by atoms with Crippen molar-refractivity contribution < 1.29 is 9.59 Å². The number of nitrogens with zero attached hydrogens (tertiary/aromatic N) is 4. The highest BCUT2D eigenvalue weighted by Crippen LogP contribution is 2.40. The maximum atomic E-state index is 14.0. The number of likely N-dealkylation sites (tertiary alicyclic amines) is 1. The second-order valence-corrected chi connectivity index (χ2v) is 11.2. The van der Waals surface area contributed by atoms with E-state index in [1.54, 1.807) is 20.2 Å². The molecule has 2 amide bonds. The van der Waals surface area contributed by atoms with Crippen LogP contribution in [0, 0.1) is 11.3 Å². The Hall–Kier alpha value is -3.36. The van der Waals surface area contributed by atoms with Crippen molar-refractivity contribution in [1.82, 2.24) is 19.3 Å². The minimum absolute atomic E-state index is 0.0440. The molecule has 2 fully saturated rings. The Kier molecular flexibility index (Phi) is 5.76. The number of thiocarbonyl (C=S) groups is 1. The molecule has 3 aliphatic heterocycles. The van der Waals surface area contributed by atoms with Crippen molar-refractivity contribution in [2.45, 2.75) is 25.3 Å². The summed E-state index contributed by atoms with van der Waals surface area (Å²) in [7, 11) is 3.33. The number of pyridine rings is 1. The van der Waals surface area contributed by atoms with Gasteiger partial charge in [-0.15, -0.1) is 0 Å². The quantitative estimate of drug-likeness (QED) is 0.396. The molecule has 2 bridgehead atoms. The molecule has 0 N–H and O–H groups in total. The largest absolute Gasteiger partial charge is 0.312 e. The van der Waals surface area contributed by atoms with Gasteiger partial charge in [-0.25, -0.2) is 0 Å². The zero-order valence-corrected chi connectivity index (χ0v) is 21.9. The van der Waals surface area contributed by atoms with Gasteiger partial charge in [-0.05, 0) is 53.4 Å². The van der Waals surface area contributed by atoms with E-state index in [0.29, 0.717) is 32.0 Å². The molecule has 2 saturated heterocycles. The van der Waals surface area contributed by atoms with Crippen LogP contribution in [0.25, 0.3) is 10.8 Å². The van der Waals surface area contributed by atoms with Gasteiger partial charge in [0.2, 0.25) is 11.8 Å². The average molecular weight is 515 g/mol. The van der Waals surface area contributed by atoms with Crippen LogP contribution in [0.3, 0.4) is 0 Å².